The Morgan fingerprint density at radius 3 is 3.08 bits per heavy atom. The highest BCUT2D eigenvalue weighted by Gasteiger charge is 2.29. The average Bonchev–Trinajstić information content (AvgIpc) is 3.32. The highest BCUT2D eigenvalue weighted by molar-refractivity contribution is 7.17. The molecule has 0 radical (unpaired) electrons. The Kier molecular flexibility index (Phi) is 3.61. The van der Waals surface area contributed by atoms with Gasteiger partial charge in [-0.3, -0.25) is 9.69 Å². The summed E-state index contributed by atoms with van der Waals surface area (Å²) in [5.41, 5.74) is 2.12. The van der Waals surface area contributed by atoms with E-state index in [4.69, 9.17) is 0 Å². The molecule has 1 atom stereocenters. The van der Waals surface area contributed by atoms with E-state index in [1.807, 2.05) is 11.4 Å². The lowest BCUT2D eigenvalue weighted by atomic mass is 10.2. The highest BCUT2D eigenvalue weighted by atomic mass is 32.1. The predicted octanol–water partition coefficient (Wildman–Crippen LogP) is 3.34. The van der Waals surface area contributed by atoms with Gasteiger partial charge in [0.15, 0.2) is 0 Å². The minimum absolute atomic E-state index is 0.0880. The van der Waals surface area contributed by atoms with Crippen LogP contribution >= 0.6 is 11.3 Å². The summed E-state index contributed by atoms with van der Waals surface area (Å²) in [7, 11) is 0. The lowest BCUT2D eigenvalue weighted by Gasteiger charge is -2.22. The number of aromatic nitrogens is 4. The summed E-state index contributed by atoms with van der Waals surface area (Å²) >= 11 is 1.40. The standard InChI is InChI=1S/C18H16FN5OS/c19-10-3-4-11-13(8-10)22-17(21-11)14-2-1-6-24(14)9-15-20-12-5-7-26-16(12)18(25)23-15/h3-5,7-8,14H,1-2,6,9H2,(H,21,22)(H,20,23,25)/t14-/m1/s1. The zero-order chi connectivity index (χ0) is 17.7. The van der Waals surface area contributed by atoms with Crippen LogP contribution in [0.25, 0.3) is 21.3 Å². The normalized spacial score (nSPS) is 18.3. The van der Waals surface area contributed by atoms with Gasteiger partial charge in [0.25, 0.3) is 5.56 Å². The molecule has 0 unspecified atom stereocenters. The number of aromatic amines is 2. The molecule has 0 spiro atoms. The molecule has 4 aromatic rings. The van der Waals surface area contributed by atoms with E-state index in [2.05, 4.69) is 24.8 Å². The average molecular weight is 369 g/mol. The number of halogens is 1. The monoisotopic (exact) mass is 369 g/mol. The van der Waals surface area contributed by atoms with Crippen molar-refractivity contribution in [3.05, 3.63) is 57.5 Å². The van der Waals surface area contributed by atoms with Crippen LogP contribution in [0.1, 0.15) is 30.5 Å². The third-order valence-corrected chi connectivity index (χ3v) is 5.76. The van der Waals surface area contributed by atoms with Crippen molar-refractivity contribution in [2.24, 2.45) is 0 Å². The van der Waals surface area contributed by atoms with Crippen LogP contribution < -0.4 is 5.56 Å². The lowest BCUT2D eigenvalue weighted by Crippen LogP contribution is -2.26. The SMILES string of the molecule is O=c1[nH]c(CN2CCC[C@@H]2c2nc3ccc(F)cc3[nH]2)nc2ccsc12. The Balaban J connectivity index is 1.46. The zero-order valence-corrected chi connectivity index (χ0v) is 14.6. The van der Waals surface area contributed by atoms with Gasteiger partial charge in [0.05, 0.1) is 29.1 Å². The largest absolute Gasteiger partial charge is 0.341 e. The molecule has 8 heteroatoms. The van der Waals surface area contributed by atoms with Gasteiger partial charge >= 0.3 is 0 Å². The fraction of sp³-hybridized carbons (Fsp3) is 0.278. The molecule has 4 heterocycles. The molecule has 6 nitrogen and oxygen atoms in total. The molecule has 3 aromatic heterocycles. The number of nitrogens with one attached hydrogen (secondary N) is 2. The first-order valence-electron chi connectivity index (χ1n) is 8.53. The number of hydrogen-bond acceptors (Lipinski definition) is 5. The Morgan fingerprint density at radius 2 is 2.15 bits per heavy atom. The van der Waals surface area contributed by atoms with E-state index in [1.54, 1.807) is 6.07 Å². The second kappa shape index (κ2) is 6.00. The van der Waals surface area contributed by atoms with Crippen LogP contribution in [-0.4, -0.2) is 31.4 Å². The van der Waals surface area contributed by atoms with Gasteiger partial charge < -0.3 is 9.97 Å². The summed E-state index contributed by atoms with van der Waals surface area (Å²) in [6.45, 7) is 1.46. The Bertz CT molecular complexity index is 1160. The minimum atomic E-state index is -0.276. The molecule has 1 aromatic carbocycles. The van der Waals surface area contributed by atoms with Crippen molar-refractivity contribution in [3.8, 4) is 0 Å². The number of likely N-dealkylation sites (tertiary alicyclic amines) is 1. The van der Waals surface area contributed by atoms with Crippen molar-refractivity contribution < 1.29 is 4.39 Å². The summed E-state index contributed by atoms with van der Waals surface area (Å²) in [6, 6.07) is 6.55. The van der Waals surface area contributed by atoms with Crippen molar-refractivity contribution in [3.63, 3.8) is 0 Å². The summed E-state index contributed by atoms with van der Waals surface area (Å²) in [5, 5.41) is 1.88. The van der Waals surface area contributed by atoms with Gasteiger partial charge in [0.1, 0.15) is 22.2 Å². The molecule has 1 aliphatic heterocycles. The van der Waals surface area contributed by atoms with Gasteiger partial charge in [-0.2, -0.15) is 0 Å². The van der Waals surface area contributed by atoms with Gasteiger partial charge in [-0.05, 0) is 49.0 Å². The number of imidazole rings is 1. The minimum Gasteiger partial charge on any atom is -0.341 e. The first-order valence-corrected chi connectivity index (χ1v) is 9.41. The van der Waals surface area contributed by atoms with Crippen molar-refractivity contribution in [1.29, 1.82) is 0 Å². The Hall–Kier alpha value is -2.58. The first kappa shape index (κ1) is 15.7. The molecule has 0 amide bonds. The molecule has 26 heavy (non-hydrogen) atoms. The third kappa shape index (κ3) is 2.62. The highest BCUT2D eigenvalue weighted by Crippen LogP contribution is 2.32. The maximum Gasteiger partial charge on any atom is 0.268 e. The quantitative estimate of drug-likeness (QED) is 0.581. The van der Waals surface area contributed by atoms with Gasteiger partial charge in [0, 0.05) is 0 Å². The van der Waals surface area contributed by atoms with E-state index in [-0.39, 0.29) is 17.4 Å². The van der Waals surface area contributed by atoms with Crippen molar-refractivity contribution in [2.45, 2.75) is 25.4 Å². The van der Waals surface area contributed by atoms with Gasteiger partial charge in [-0.1, -0.05) is 0 Å². The van der Waals surface area contributed by atoms with Crippen LogP contribution in [0.3, 0.4) is 0 Å². The molecule has 5 rings (SSSR count). The summed E-state index contributed by atoms with van der Waals surface area (Å²) in [4.78, 5) is 29.8. The molecule has 132 valence electrons. The maximum atomic E-state index is 13.4. The number of benzene rings is 1. The van der Waals surface area contributed by atoms with E-state index >= 15 is 0 Å². The van der Waals surface area contributed by atoms with Crippen molar-refractivity contribution in [2.75, 3.05) is 6.54 Å². The molecule has 0 bridgehead atoms. The maximum absolute atomic E-state index is 13.4. The van der Waals surface area contributed by atoms with E-state index < -0.39 is 0 Å². The third-order valence-electron chi connectivity index (χ3n) is 4.86. The number of fused-ring (bicyclic) bond motifs is 2. The van der Waals surface area contributed by atoms with E-state index in [9.17, 15) is 9.18 Å². The van der Waals surface area contributed by atoms with Crippen LogP contribution in [0, 0.1) is 5.82 Å². The molecule has 1 saturated heterocycles. The molecule has 0 aliphatic carbocycles. The fourth-order valence-corrected chi connectivity index (χ4v) is 4.40. The molecule has 1 aliphatic rings. The smallest absolute Gasteiger partial charge is 0.268 e. The molecule has 1 fully saturated rings. The van der Waals surface area contributed by atoms with Crippen LogP contribution in [0.2, 0.25) is 0 Å². The van der Waals surface area contributed by atoms with E-state index in [1.165, 1.54) is 23.5 Å². The van der Waals surface area contributed by atoms with Gasteiger partial charge in [-0.25, -0.2) is 14.4 Å². The summed E-state index contributed by atoms with van der Waals surface area (Å²) in [6.07, 6.45) is 2.01. The van der Waals surface area contributed by atoms with E-state index in [0.29, 0.717) is 22.6 Å². The Labute approximate surface area is 151 Å². The molecule has 0 saturated carbocycles. The van der Waals surface area contributed by atoms with Crippen molar-refractivity contribution in [1.82, 2.24) is 24.8 Å². The fourth-order valence-electron chi connectivity index (χ4n) is 3.67. The Morgan fingerprint density at radius 1 is 1.23 bits per heavy atom. The summed E-state index contributed by atoms with van der Waals surface area (Å²) in [5.74, 6) is 1.22. The zero-order valence-electron chi connectivity index (χ0n) is 13.8. The van der Waals surface area contributed by atoms with Crippen LogP contribution in [-0.2, 0) is 6.54 Å². The molecular weight excluding hydrogens is 353 g/mol. The second-order valence-electron chi connectivity index (χ2n) is 6.56. The number of H-pyrrole nitrogens is 2. The first-order chi connectivity index (χ1) is 12.7. The number of rotatable bonds is 3. The number of hydrogen-bond donors (Lipinski definition) is 2. The predicted molar refractivity (Wildman–Crippen MR) is 98.7 cm³/mol. The van der Waals surface area contributed by atoms with Gasteiger partial charge in [0.2, 0.25) is 0 Å². The molecule has 2 N–H and O–H groups in total. The van der Waals surface area contributed by atoms with Crippen LogP contribution in [0.4, 0.5) is 4.39 Å². The van der Waals surface area contributed by atoms with Crippen LogP contribution in [0.5, 0.6) is 0 Å². The number of nitrogens with zero attached hydrogens (tertiary/aromatic N) is 3. The van der Waals surface area contributed by atoms with Crippen LogP contribution in [0.15, 0.2) is 34.4 Å². The second-order valence-corrected chi connectivity index (χ2v) is 7.48. The van der Waals surface area contributed by atoms with Gasteiger partial charge in [-0.15, -0.1) is 11.3 Å². The lowest BCUT2D eigenvalue weighted by molar-refractivity contribution is 0.235. The van der Waals surface area contributed by atoms with E-state index in [0.717, 1.165) is 36.2 Å². The van der Waals surface area contributed by atoms with Crippen molar-refractivity contribution >= 4 is 32.6 Å². The topological polar surface area (TPSA) is 77.7 Å². The number of thiophene rings is 1. The summed E-state index contributed by atoms with van der Waals surface area (Å²) < 4.78 is 14.1. The molecular formula is C18H16FN5OS.